The second kappa shape index (κ2) is 31.1. The Hall–Kier alpha value is -14.8. The number of rotatable bonds is 13. The predicted octanol–water partition coefficient (Wildman–Crippen LogP) is 33.1. The van der Waals surface area contributed by atoms with E-state index in [2.05, 4.69) is 487 Å². The molecule has 22 rings (SSSR count). The first-order valence-electron chi connectivity index (χ1n) is 45.5. The Morgan fingerprint density at radius 2 is 0.496 bits per heavy atom. The first kappa shape index (κ1) is 80.1. The fraction of sp³-hybridized carbons (Fsp3) is 0.129. The van der Waals surface area contributed by atoms with Gasteiger partial charge in [-0.05, 0) is 270 Å². The summed E-state index contributed by atoms with van der Waals surface area (Å²) >= 11 is 0. The number of nitrogens with zero attached hydrogens (tertiary/aromatic N) is 2. The van der Waals surface area contributed by atoms with Crippen LogP contribution in [-0.4, -0.2) is 6.71 Å². The molecular formula is C124H101BN2O2. The highest BCUT2D eigenvalue weighted by molar-refractivity contribution is 7.00. The van der Waals surface area contributed by atoms with Gasteiger partial charge in [0.15, 0.2) is 0 Å². The SMILES string of the molecule is CC(C)(C)c1cc(-c2ccc3c(c2)N(c2c(-c4ccccc4)cc(C(C)(C)C)cc2-c2ccccc2)c2cc(-c4cc(-c5ccccc5)cc(-c5ccccc5)c4)cc4c2B3c2cc(-c3cc(-c5ccccc5)cc(-c5ccccc5)c3)ccc2N4c2c(-c3cccc4oc5ccccc5c34)cc(C(C)(C)C)cc2-c2cccc3oc4ccccc4c23)cc(C(C)(C)C)c1. The number of furan rings is 2. The minimum Gasteiger partial charge on any atom is -0.456 e. The maximum atomic E-state index is 7.09. The summed E-state index contributed by atoms with van der Waals surface area (Å²) in [6.07, 6.45) is 0. The van der Waals surface area contributed by atoms with Crippen LogP contribution in [-0.2, 0) is 21.7 Å². The summed E-state index contributed by atoms with van der Waals surface area (Å²) < 4.78 is 14.2. The van der Waals surface area contributed by atoms with E-state index in [0.29, 0.717) is 0 Å². The van der Waals surface area contributed by atoms with E-state index in [-0.39, 0.29) is 21.7 Å². The van der Waals surface area contributed by atoms with Crippen molar-refractivity contribution in [3.8, 4) is 122 Å². The Bertz CT molecular complexity index is 7460. The van der Waals surface area contributed by atoms with Crippen molar-refractivity contribution in [3.05, 3.63) is 417 Å². The van der Waals surface area contributed by atoms with E-state index in [9.17, 15) is 0 Å². The van der Waals surface area contributed by atoms with Gasteiger partial charge in [0.1, 0.15) is 22.3 Å². The largest absolute Gasteiger partial charge is 0.456 e. The summed E-state index contributed by atoms with van der Waals surface area (Å²) in [6.45, 7) is 28.0. The van der Waals surface area contributed by atoms with Gasteiger partial charge >= 0.3 is 0 Å². The first-order chi connectivity index (χ1) is 62.5. The fourth-order valence-corrected chi connectivity index (χ4v) is 20.1. The van der Waals surface area contributed by atoms with Crippen LogP contribution < -0.4 is 26.2 Å². The third-order valence-electron chi connectivity index (χ3n) is 27.0. The maximum Gasteiger partial charge on any atom is 0.252 e. The summed E-state index contributed by atoms with van der Waals surface area (Å²) in [5, 5.41) is 4.21. The van der Waals surface area contributed by atoms with E-state index in [1.54, 1.807) is 0 Å². The minimum absolute atomic E-state index is 0.160. The molecule has 0 radical (unpaired) electrons. The topological polar surface area (TPSA) is 32.8 Å². The maximum absolute atomic E-state index is 7.09. The van der Waals surface area contributed by atoms with Gasteiger partial charge in [-0.15, -0.1) is 0 Å². The number of anilines is 6. The van der Waals surface area contributed by atoms with Crippen molar-refractivity contribution in [1.82, 2.24) is 0 Å². The molecule has 0 fully saturated rings. The molecule has 0 atom stereocenters. The van der Waals surface area contributed by atoms with Gasteiger partial charge in [0, 0.05) is 66.5 Å². The van der Waals surface area contributed by atoms with Crippen LogP contribution in [0.15, 0.2) is 403 Å². The Morgan fingerprint density at radius 1 is 0.194 bits per heavy atom. The molecule has 2 aromatic heterocycles. The van der Waals surface area contributed by atoms with Gasteiger partial charge in [-0.3, -0.25) is 0 Å². The molecule has 2 aliphatic heterocycles. The minimum atomic E-state index is -0.402. The number of hydrogen-bond acceptors (Lipinski definition) is 4. The van der Waals surface area contributed by atoms with Gasteiger partial charge in [-0.1, -0.05) is 368 Å². The molecule has 4 nitrogen and oxygen atoms in total. The summed E-state index contributed by atoms with van der Waals surface area (Å²) in [5.41, 5.74) is 41.8. The highest BCUT2D eigenvalue weighted by Gasteiger charge is 2.47. The Kier molecular flexibility index (Phi) is 19.3. The predicted molar refractivity (Wildman–Crippen MR) is 550 cm³/mol. The zero-order valence-corrected chi connectivity index (χ0v) is 75.3. The molecule has 0 saturated carbocycles. The summed E-state index contributed by atoms with van der Waals surface area (Å²) in [7, 11) is 0. The van der Waals surface area contributed by atoms with Crippen molar-refractivity contribution < 1.29 is 8.83 Å². The molecule has 0 N–H and O–H groups in total. The molecule has 0 amide bonds. The Balaban J connectivity index is 0.966. The normalized spacial score (nSPS) is 12.8. The Morgan fingerprint density at radius 3 is 0.907 bits per heavy atom. The lowest BCUT2D eigenvalue weighted by Gasteiger charge is -2.46. The summed E-state index contributed by atoms with van der Waals surface area (Å²) in [4.78, 5) is 5.50. The molecule has 0 bridgehead atoms. The molecule has 20 aromatic rings. The smallest absolute Gasteiger partial charge is 0.252 e. The number of benzene rings is 18. The van der Waals surface area contributed by atoms with Crippen molar-refractivity contribution in [1.29, 1.82) is 0 Å². The van der Waals surface area contributed by atoms with Crippen molar-refractivity contribution in [2.45, 2.75) is 105 Å². The van der Waals surface area contributed by atoms with Crippen molar-refractivity contribution >= 4 is 101 Å². The first-order valence-corrected chi connectivity index (χ1v) is 45.5. The monoisotopic (exact) mass is 1660 g/mol. The lowest BCUT2D eigenvalue weighted by molar-refractivity contribution is 0.569. The van der Waals surface area contributed by atoms with Crippen LogP contribution in [0.1, 0.15) is 105 Å². The molecule has 0 saturated heterocycles. The van der Waals surface area contributed by atoms with E-state index in [1.807, 2.05) is 0 Å². The highest BCUT2D eigenvalue weighted by Crippen LogP contribution is 2.58. The molecule has 0 unspecified atom stereocenters. The molecule has 5 heteroatoms. The van der Waals surface area contributed by atoms with Gasteiger partial charge in [-0.25, -0.2) is 0 Å². The fourth-order valence-electron chi connectivity index (χ4n) is 20.1. The van der Waals surface area contributed by atoms with E-state index < -0.39 is 6.71 Å². The van der Waals surface area contributed by atoms with Crippen LogP contribution in [0.25, 0.3) is 166 Å². The van der Waals surface area contributed by atoms with Gasteiger partial charge in [0.25, 0.3) is 6.71 Å². The molecule has 129 heavy (non-hydrogen) atoms. The average Bonchev–Trinajstić information content (AvgIpc) is 1.27. The molecule has 622 valence electrons. The number of para-hydroxylation sites is 2. The molecule has 0 aliphatic carbocycles. The molecule has 2 aliphatic rings. The van der Waals surface area contributed by atoms with Crippen LogP contribution in [0.5, 0.6) is 0 Å². The standard InChI is InChI=1S/C124H101BN2O2/c1-121(2,3)94-67-92(68-95(73-94)122(4,5)6)85-57-59-106-109(70-85)127(119-102(82-45-27-17-28-46-82)74-96(123(7,8)9)75-103(119)83-47-29-18-30-48-83)111-72-93(91-65-88(80-41-23-15-24-42-80)62-89(66-91)81-43-25-16-26-44-81)71-110-118(111)125(106)107-69-84(90-63-86(78-37-19-13-20-38-78)61-87(64-90)79-39-21-14-22-40-79)58-60-108(107)126(110)120-104(98-51-35-55-114-116(98)100-49-31-33-53-112(100)128-114)76-97(124(10,11)12)77-105(120)99-52-36-56-115-117(99)101-50-32-34-54-113(101)129-115/h13-77H,1-12H3. The van der Waals surface area contributed by atoms with Gasteiger partial charge in [-0.2, -0.15) is 0 Å². The van der Waals surface area contributed by atoms with Crippen LogP contribution in [0.2, 0.25) is 0 Å². The van der Waals surface area contributed by atoms with Crippen molar-refractivity contribution in [2.24, 2.45) is 0 Å². The third-order valence-corrected chi connectivity index (χ3v) is 27.0. The average molecular weight is 1660 g/mol. The lowest BCUT2D eigenvalue weighted by atomic mass is 9.33. The zero-order valence-electron chi connectivity index (χ0n) is 75.3. The van der Waals surface area contributed by atoms with Crippen LogP contribution in [0, 0.1) is 0 Å². The van der Waals surface area contributed by atoms with Crippen LogP contribution in [0.4, 0.5) is 34.1 Å². The number of hydrogen-bond donors (Lipinski definition) is 0. The van der Waals surface area contributed by atoms with Crippen LogP contribution in [0.3, 0.4) is 0 Å². The van der Waals surface area contributed by atoms with Gasteiger partial charge in [0.05, 0.1) is 11.4 Å². The van der Waals surface area contributed by atoms with Gasteiger partial charge < -0.3 is 18.6 Å². The second-order valence-electron chi connectivity index (χ2n) is 39.6. The summed E-state index contributed by atoms with van der Waals surface area (Å²) in [6, 6.07) is 149. The third kappa shape index (κ3) is 14.3. The molecule has 18 aromatic carbocycles. The van der Waals surface area contributed by atoms with E-state index in [1.165, 1.54) is 44.2 Å². The molecule has 0 spiro atoms. The number of fused-ring (bicyclic) bond motifs is 10. The van der Waals surface area contributed by atoms with E-state index in [4.69, 9.17) is 8.83 Å². The van der Waals surface area contributed by atoms with Gasteiger partial charge in [0.2, 0.25) is 0 Å². The summed E-state index contributed by atoms with van der Waals surface area (Å²) in [5.74, 6) is 0. The molecular weight excluding hydrogens is 1560 g/mol. The van der Waals surface area contributed by atoms with Crippen molar-refractivity contribution in [2.75, 3.05) is 9.80 Å². The van der Waals surface area contributed by atoms with E-state index in [0.717, 1.165) is 195 Å². The second-order valence-corrected chi connectivity index (χ2v) is 39.6. The zero-order chi connectivity index (χ0) is 87.9. The quantitative estimate of drug-likeness (QED) is 0.108. The van der Waals surface area contributed by atoms with E-state index >= 15 is 0 Å². The molecule has 4 heterocycles. The lowest BCUT2D eigenvalue weighted by Crippen LogP contribution is -2.61. The van der Waals surface area contributed by atoms with Crippen LogP contribution >= 0.6 is 0 Å². The highest BCUT2D eigenvalue weighted by atomic mass is 16.3. The van der Waals surface area contributed by atoms with Crippen molar-refractivity contribution in [3.63, 3.8) is 0 Å². The Labute approximate surface area is 758 Å².